The third-order valence-electron chi connectivity index (χ3n) is 1.31. The lowest BCUT2D eigenvalue weighted by Gasteiger charge is -2.14. The third kappa shape index (κ3) is 3.69. The Balaban J connectivity index is 4.33. The molecule has 0 spiro atoms. The van der Waals surface area contributed by atoms with Crippen molar-refractivity contribution in [1.29, 1.82) is 5.26 Å². The third-order valence-corrected chi connectivity index (χ3v) is 3.48. The lowest BCUT2D eigenvalue weighted by atomic mass is 10.3. The van der Waals surface area contributed by atoms with E-state index in [0.29, 0.717) is 0 Å². The predicted molar refractivity (Wildman–Crippen MR) is 46.9 cm³/mol. The van der Waals surface area contributed by atoms with Crippen LogP contribution in [0, 0.1) is 17.2 Å². The number of rotatable bonds is 4. The molecule has 0 aromatic rings. The van der Waals surface area contributed by atoms with Crippen molar-refractivity contribution in [3.63, 3.8) is 0 Å². The largest absolute Gasteiger partial charge is 0.215 e. The van der Waals surface area contributed by atoms with E-state index in [9.17, 15) is 8.42 Å². The minimum Gasteiger partial charge on any atom is -0.212 e. The molecule has 0 aromatic carbocycles. The summed E-state index contributed by atoms with van der Waals surface area (Å²) in [6, 6.07) is 1.79. The molecule has 0 saturated heterocycles. The van der Waals surface area contributed by atoms with Gasteiger partial charge in [-0.25, -0.2) is 8.42 Å². The minimum atomic E-state index is -3.21. The molecule has 0 N–H and O–H groups in total. The molecule has 0 aliphatic carbocycles. The fourth-order valence-electron chi connectivity index (χ4n) is 0.746. The van der Waals surface area contributed by atoms with E-state index in [0.717, 1.165) is 4.31 Å². The van der Waals surface area contributed by atoms with Gasteiger partial charge in [-0.15, -0.1) is 0 Å². The molecule has 0 atom stereocenters. The van der Waals surface area contributed by atoms with Crippen LogP contribution in [0.5, 0.6) is 0 Å². The fraction of sp³-hybridized carbons (Fsp3) is 0.857. The molecule has 0 heterocycles. The highest BCUT2D eigenvalue weighted by molar-refractivity contribution is 7.89. The second-order valence-corrected chi connectivity index (χ2v) is 5.21. The van der Waals surface area contributed by atoms with Crippen molar-refractivity contribution < 1.29 is 8.42 Å². The zero-order valence-corrected chi connectivity index (χ0v) is 8.43. The van der Waals surface area contributed by atoms with E-state index in [-0.39, 0.29) is 18.2 Å². The van der Waals surface area contributed by atoms with Gasteiger partial charge in [0.1, 0.15) is 6.54 Å². The van der Waals surface area contributed by atoms with Crippen LogP contribution in [0.4, 0.5) is 0 Å². The molecular formula is C7H14N2O2S. The molecule has 0 aromatic heterocycles. The Hall–Kier alpha value is -0.600. The Kier molecular flexibility index (Phi) is 4.21. The average Bonchev–Trinajstić information content (AvgIpc) is 1.85. The SMILES string of the molecule is CC(C)CS(=O)(=O)N(C)CC#N. The highest BCUT2D eigenvalue weighted by atomic mass is 32.2. The van der Waals surface area contributed by atoms with Gasteiger partial charge in [0.15, 0.2) is 0 Å². The van der Waals surface area contributed by atoms with Crippen molar-refractivity contribution in [2.24, 2.45) is 5.92 Å². The monoisotopic (exact) mass is 190 g/mol. The molecule has 0 fully saturated rings. The van der Waals surface area contributed by atoms with Crippen molar-refractivity contribution in [3.8, 4) is 6.07 Å². The lowest BCUT2D eigenvalue weighted by Crippen LogP contribution is -2.31. The molecule has 4 nitrogen and oxygen atoms in total. The summed E-state index contributed by atoms with van der Waals surface area (Å²) in [5.41, 5.74) is 0. The molecule has 70 valence electrons. The van der Waals surface area contributed by atoms with Crippen LogP contribution in [0.2, 0.25) is 0 Å². The van der Waals surface area contributed by atoms with Crippen molar-refractivity contribution in [3.05, 3.63) is 0 Å². The predicted octanol–water partition coefficient (Wildman–Crippen LogP) is 0.428. The van der Waals surface area contributed by atoms with E-state index in [1.165, 1.54) is 7.05 Å². The van der Waals surface area contributed by atoms with Gasteiger partial charge in [-0.3, -0.25) is 0 Å². The van der Waals surface area contributed by atoms with Crippen LogP contribution >= 0.6 is 0 Å². The van der Waals surface area contributed by atoms with Gasteiger partial charge < -0.3 is 0 Å². The zero-order chi connectivity index (χ0) is 9.78. The highest BCUT2D eigenvalue weighted by Crippen LogP contribution is 2.03. The summed E-state index contributed by atoms with van der Waals surface area (Å²) in [5.74, 6) is 0.196. The topological polar surface area (TPSA) is 61.2 Å². The summed E-state index contributed by atoms with van der Waals surface area (Å²) in [5, 5.41) is 8.28. The Morgan fingerprint density at radius 2 is 2.00 bits per heavy atom. The van der Waals surface area contributed by atoms with Crippen LogP contribution in [-0.2, 0) is 10.0 Å². The highest BCUT2D eigenvalue weighted by Gasteiger charge is 2.18. The van der Waals surface area contributed by atoms with Crippen LogP contribution in [0.1, 0.15) is 13.8 Å². The number of nitriles is 1. The van der Waals surface area contributed by atoms with Gasteiger partial charge in [0.25, 0.3) is 0 Å². The molecule has 12 heavy (non-hydrogen) atoms. The van der Waals surface area contributed by atoms with Crippen LogP contribution in [0.3, 0.4) is 0 Å². The second kappa shape index (κ2) is 4.43. The molecule has 0 unspecified atom stereocenters. The van der Waals surface area contributed by atoms with Crippen molar-refractivity contribution >= 4 is 10.0 Å². The number of sulfonamides is 1. The smallest absolute Gasteiger partial charge is 0.212 e. The molecule has 0 saturated carbocycles. The van der Waals surface area contributed by atoms with E-state index in [1.807, 2.05) is 13.8 Å². The Bertz CT molecular complexity index is 264. The van der Waals surface area contributed by atoms with Gasteiger partial charge >= 0.3 is 0 Å². The molecule has 0 radical (unpaired) electrons. The maximum Gasteiger partial charge on any atom is 0.215 e. The summed E-state index contributed by atoms with van der Waals surface area (Å²) in [6.45, 7) is 3.59. The van der Waals surface area contributed by atoms with Crippen LogP contribution < -0.4 is 0 Å². The standard InChI is InChI=1S/C7H14N2O2S/c1-7(2)6-12(10,11)9(3)5-4-8/h7H,5-6H2,1-3H3. The van der Waals surface area contributed by atoms with Gasteiger partial charge in [-0.05, 0) is 5.92 Å². The summed E-state index contributed by atoms with van der Waals surface area (Å²) in [6.07, 6.45) is 0. The summed E-state index contributed by atoms with van der Waals surface area (Å²) in [4.78, 5) is 0. The molecule has 5 heteroatoms. The van der Waals surface area contributed by atoms with E-state index >= 15 is 0 Å². The maximum absolute atomic E-state index is 11.3. The summed E-state index contributed by atoms with van der Waals surface area (Å²) < 4.78 is 23.7. The minimum absolute atomic E-state index is 0.0744. The second-order valence-electron chi connectivity index (χ2n) is 3.09. The van der Waals surface area contributed by atoms with Crippen molar-refractivity contribution in [2.45, 2.75) is 13.8 Å². The van der Waals surface area contributed by atoms with Gasteiger partial charge in [-0.1, -0.05) is 13.8 Å². The molecule has 0 aliphatic heterocycles. The van der Waals surface area contributed by atoms with Crippen molar-refractivity contribution in [1.82, 2.24) is 4.31 Å². The first-order valence-corrected chi connectivity index (χ1v) is 5.32. The average molecular weight is 190 g/mol. The Morgan fingerprint density at radius 3 is 2.33 bits per heavy atom. The van der Waals surface area contributed by atoms with E-state index in [2.05, 4.69) is 0 Å². The summed E-state index contributed by atoms with van der Waals surface area (Å²) >= 11 is 0. The molecular weight excluding hydrogens is 176 g/mol. The van der Waals surface area contributed by atoms with Crippen LogP contribution in [0.15, 0.2) is 0 Å². The quantitative estimate of drug-likeness (QED) is 0.604. The van der Waals surface area contributed by atoms with Crippen LogP contribution in [0.25, 0.3) is 0 Å². The van der Waals surface area contributed by atoms with Gasteiger partial charge in [0.05, 0.1) is 11.8 Å². The van der Waals surface area contributed by atoms with Crippen LogP contribution in [-0.4, -0.2) is 32.1 Å². The Morgan fingerprint density at radius 1 is 1.50 bits per heavy atom. The molecule has 0 bridgehead atoms. The van der Waals surface area contributed by atoms with Gasteiger partial charge in [0, 0.05) is 7.05 Å². The normalized spacial score (nSPS) is 12.0. The summed E-state index contributed by atoms with van der Waals surface area (Å²) in [7, 11) is -1.79. The first kappa shape index (κ1) is 11.4. The van der Waals surface area contributed by atoms with E-state index < -0.39 is 10.0 Å². The number of hydrogen-bond acceptors (Lipinski definition) is 3. The van der Waals surface area contributed by atoms with Gasteiger partial charge in [0.2, 0.25) is 10.0 Å². The lowest BCUT2D eigenvalue weighted by molar-refractivity contribution is 0.492. The van der Waals surface area contributed by atoms with Crippen molar-refractivity contribution in [2.75, 3.05) is 19.3 Å². The first-order chi connectivity index (χ1) is 5.40. The number of hydrogen-bond donors (Lipinski definition) is 0. The molecule has 0 aliphatic rings. The molecule has 0 rings (SSSR count). The fourth-order valence-corrected chi connectivity index (χ4v) is 2.10. The zero-order valence-electron chi connectivity index (χ0n) is 7.61. The van der Waals surface area contributed by atoms with E-state index in [4.69, 9.17) is 5.26 Å². The number of nitrogens with zero attached hydrogens (tertiary/aromatic N) is 2. The van der Waals surface area contributed by atoms with E-state index in [1.54, 1.807) is 6.07 Å². The van der Waals surface area contributed by atoms with Gasteiger partial charge in [-0.2, -0.15) is 9.57 Å². The first-order valence-electron chi connectivity index (χ1n) is 3.71. The molecule has 0 amide bonds. The maximum atomic E-state index is 11.3. The Labute approximate surface area is 73.8 Å².